The molecule has 0 aliphatic carbocycles. The summed E-state index contributed by atoms with van der Waals surface area (Å²) < 4.78 is 4.93. The zero-order valence-corrected chi connectivity index (χ0v) is 14.0. The van der Waals surface area contributed by atoms with Crippen LogP contribution in [0.3, 0.4) is 0 Å². The van der Waals surface area contributed by atoms with E-state index in [0.717, 1.165) is 6.07 Å². The number of ether oxygens (including phenoxy) is 1. The number of nitrogens with two attached hydrogens (primary N) is 1. The van der Waals surface area contributed by atoms with Gasteiger partial charge in [0.1, 0.15) is 5.69 Å². The van der Waals surface area contributed by atoms with Gasteiger partial charge in [-0.2, -0.15) is 0 Å². The summed E-state index contributed by atoms with van der Waals surface area (Å²) in [4.78, 5) is 49.8. The monoisotopic (exact) mass is 365 g/mol. The van der Waals surface area contributed by atoms with Crippen molar-refractivity contribution in [2.45, 2.75) is 0 Å². The van der Waals surface area contributed by atoms with Gasteiger partial charge in [0.25, 0.3) is 5.91 Å². The van der Waals surface area contributed by atoms with Gasteiger partial charge in [0, 0.05) is 28.2 Å². The molecule has 1 aromatic heterocycles. The van der Waals surface area contributed by atoms with Crippen molar-refractivity contribution in [2.24, 2.45) is 5.73 Å². The number of para-hydroxylation sites is 1. The Morgan fingerprint density at radius 1 is 1.04 bits per heavy atom. The predicted octanol–water partition coefficient (Wildman–Crippen LogP) is 1.42. The number of carbonyl (C=O) groups is 3. The van der Waals surface area contributed by atoms with Crippen molar-refractivity contribution in [3.8, 4) is 0 Å². The number of pyridine rings is 1. The Hall–Kier alpha value is -3.94. The number of hydrogen-bond acceptors (Lipinski definition) is 5. The molecule has 0 unspecified atom stereocenters. The molecule has 0 radical (unpaired) electrons. The van der Waals surface area contributed by atoms with Crippen molar-refractivity contribution < 1.29 is 19.1 Å². The van der Waals surface area contributed by atoms with Crippen LogP contribution < -0.4 is 16.5 Å². The number of benzene rings is 2. The van der Waals surface area contributed by atoms with E-state index in [4.69, 9.17) is 10.5 Å². The Balaban J connectivity index is 1.62. The zero-order valence-electron chi connectivity index (χ0n) is 14.0. The molecule has 8 nitrogen and oxygen atoms in total. The highest BCUT2D eigenvalue weighted by Crippen LogP contribution is 2.10. The fourth-order valence-corrected chi connectivity index (χ4v) is 2.43. The normalized spacial score (nSPS) is 10.4. The number of aromatic nitrogens is 1. The molecular weight excluding hydrogens is 350 g/mol. The highest BCUT2D eigenvalue weighted by Gasteiger charge is 2.13. The Morgan fingerprint density at radius 2 is 1.74 bits per heavy atom. The zero-order chi connectivity index (χ0) is 19.4. The summed E-state index contributed by atoms with van der Waals surface area (Å²) in [5, 5.41) is 2.97. The van der Waals surface area contributed by atoms with Crippen LogP contribution in [0.5, 0.6) is 0 Å². The van der Waals surface area contributed by atoms with Crippen LogP contribution in [0.2, 0.25) is 0 Å². The number of primary amides is 1. The van der Waals surface area contributed by atoms with Gasteiger partial charge < -0.3 is 20.8 Å². The molecule has 0 aliphatic rings. The lowest BCUT2D eigenvalue weighted by Crippen LogP contribution is -2.22. The molecule has 0 bridgehead atoms. The van der Waals surface area contributed by atoms with Crippen LogP contribution in [0.25, 0.3) is 10.9 Å². The lowest BCUT2D eigenvalue weighted by molar-refractivity contribution is -0.119. The van der Waals surface area contributed by atoms with Crippen molar-refractivity contribution in [1.29, 1.82) is 0 Å². The number of amides is 2. The Kier molecular flexibility index (Phi) is 4.98. The van der Waals surface area contributed by atoms with E-state index in [2.05, 4.69) is 10.3 Å². The van der Waals surface area contributed by atoms with E-state index in [1.807, 2.05) is 0 Å². The van der Waals surface area contributed by atoms with Crippen LogP contribution >= 0.6 is 0 Å². The summed E-state index contributed by atoms with van der Waals surface area (Å²) in [7, 11) is 0. The maximum atomic E-state index is 12.1. The first kappa shape index (κ1) is 17.9. The molecule has 8 heteroatoms. The second-order valence-corrected chi connectivity index (χ2v) is 5.66. The summed E-state index contributed by atoms with van der Waals surface area (Å²) in [5.41, 5.74) is 5.99. The number of fused-ring (bicyclic) bond motifs is 1. The van der Waals surface area contributed by atoms with Crippen molar-refractivity contribution in [3.63, 3.8) is 0 Å². The summed E-state index contributed by atoms with van der Waals surface area (Å²) >= 11 is 0. The molecule has 3 aromatic rings. The van der Waals surface area contributed by atoms with Crippen molar-refractivity contribution in [2.75, 3.05) is 11.9 Å². The molecule has 2 amide bonds. The van der Waals surface area contributed by atoms with Crippen molar-refractivity contribution in [1.82, 2.24) is 4.98 Å². The topological polar surface area (TPSA) is 131 Å². The van der Waals surface area contributed by atoms with E-state index in [1.165, 1.54) is 24.3 Å². The van der Waals surface area contributed by atoms with Gasteiger partial charge in [0.15, 0.2) is 12.0 Å². The molecule has 0 saturated carbocycles. The summed E-state index contributed by atoms with van der Waals surface area (Å²) in [5.74, 6) is -1.97. The maximum Gasteiger partial charge on any atom is 0.355 e. The van der Waals surface area contributed by atoms with E-state index in [9.17, 15) is 19.2 Å². The van der Waals surface area contributed by atoms with Gasteiger partial charge in [-0.05, 0) is 36.4 Å². The smallest absolute Gasteiger partial charge is 0.355 e. The summed E-state index contributed by atoms with van der Waals surface area (Å²) in [6.45, 7) is -0.536. The second kappa shape index (κ2) is 7.52. The minimum Gasteiger partial charge on any atom is -0.451 e. The summed E-state index contributed by atoms with van der Waals surface area (Å²) in [6, 6.07) is 13.8. The summed E-state index contributed by atoms with van der Waals surface area (Å²) in [6.07, 6.45) is 0. The van der Waals surface area contributed by atoms with Gasteiger partial charge in [0.2, 0.25) is 5.91 Å². The third-order valence-corrected chi connectivity index (χ3v) is 3.74. The molecule has 0 fully saturated rings. The van der Waals surface area contributed by atoms with E-state index in [-0.39, 0.29) is 11.1 Å². The number of rotatable bonds is 5. The molecule has 0 aliphatic heterocycles. The Morgan fingerprint density at radius 3 is 2.44 bits per heavy atom. The second-order valence-electron chi connectivity index (χ2n) is 5.66. The third-order valence-electron chi connectivity index (χ3n) is 3.74. The van der Waals surface area contributed by atoms with Gasteiger partial charge in [0.05, 0.1) is 0 Å². The van der Waals surface area contributed by atoms with E-state index < -0.39 is 24.4 Å². The van der Waals surface area contributed by atoms with Gasteiger partial charge in [-0.1, -0.05) is 12.1 Å². The van der Waals surface area contributed by atoms with Crippen LogP contribution in [-0.4, -0.2) is 29.4 Å². The fourth-order valence-electron chi connectivity index (χ4n) is 2.43. The number of anilines is 1. The molecule has 0 atom stereocenters. The number of aromatic amines is 1. The highest BCUT2D eigenvalue weighted by molar-refractivity contribution is 5.97. The van der Waals surface area contributed by atoms with Crippen LogP contribution in [-0.2, 0) is 9.53 Å². The largest absolute Gasteiger partial charge is 0.451 e. The van der Waals surface area contributed by atoms with E-state index >= 15 is 0 Å². The van der Waals surface area contributed by atoms with Crippen LogP contribution in [0.4, 0.5) is 5.69 Å². The van der Waals surface area contributed by atoms with Gasteiger partial charge in [-0.25, -0.2) is 4.79 Å². The number of carbonyl (C=O) groups excluding carboxylic acids is 3. The SMILES string of the molecule is NC(=O)c1ccc(NC(=O)COC(=O)c2cc(=O)c3ccccc3[nH]2)cc1. The predicted molar refractivity (Wildman–Crippen MR) is 98.4 cm³/mol. The lowest BCUT2D eigenvalue weighted by atomic mass is 10.2. The van der Waals surface area contributed by atoms with Crippen LogP contribution in [0, 0.1) is 0 Å². The third kappa shape index (κ3) is 4.18. The molecule has 1 heterocycles. The Bertz CT molecular complexity index is 1090. The number of esters is 1. The molecule has 4 N–H and O–H groups in total. The molecule has 0 saturated heterocycles. The van der Waals surface area contributed by atoms with Crippen LogP contribution in [0.1, 0.15) is 20.8 Å². The molecule has 136 valence electrons. The molecule has 2 aromatic carbocycles. The molecule has 27 heavy (non-hydrogen) atoms. The standard InChI is InChI=1S/C19H15N3O5/c20-18(25)11-5-7-12(8-6-11)21-17(24)10-27-19(26)15-9-16(23)13-3-1-2-4-14(13)22-15/h1-9H,10H2,(H2,20,25)(H,21,24)(H,22,23). The minimum absolute atomic E-state index is 0.0442. The van der Waals surface area contributed by atoms with E-state index in [0.29, 0.717) is 22.2 Å². The first-order valence-electron chi connectivity index (χ1n) is 7.93. The number of hydrogen-bond donors (Lipinski definition) is 3. The van der Waals surface area contributed by atoms with E-state index in [1.54, 1.807) is 24.3 Å². The highest BCUT2D eigenvalue weighted by atomic mass is 16.5. The first-order chi connectivity index (χ1) is 12.9. The quantitative estimate of drug-likeness (QED) is 0.589. The minimum atomic E-state index is -0.822. The average molecular weight is 365 g/mol. The molecular formula is C19H15N3O5. The van der Waals surface area contributed by atoms with Crippen LogP contribution in [0.15, 0.2) is 59.4 Å². The van der Waals surface area contributed by atoms with Crippen molar-refractivity contribution >= 4 is 34.4 Å². The van der Waals surface area contributed by atoms with Gasteiger partial charge in [-0.3, -0.25) is 14.4 Å². The number of H-pyrrole nitrogens is 1. The first-order valence-corrected chi connectivity index (χ1v) is 7.93. The average Bonchev–Trinajstić information content (AvgIpc) is 2.66. The van der Waals surface area contributed by atoms with Crippen molar-refractivity contribution in [3.05, 3.63) is 76.1 Å². The van der Waals surface area contributed by atoms with Gasteiger partial charge in [-0.15, -0.1) is 0 Å². The molecule has 3 rings (SSSR count). The fraction of sp³-hybridized carbons (Fsp3) is 0.0526. The Labute approximate surface area is 152 Å². The van der Waals surface area contributed by atoms with Gasteiger partial charge >= 0.3 is 5.97 Å². The number of nitrogens with one attached hydrogen (secondary N) is 2. The maximum absolute atomic E-state index is 12.1. The molecule has 0 spiro atoms. The lowest BCUT2D eigenvalue weighted by Gasteiger charge is -2.07.